The van der Waals surface area contributed by atoms with Gasteiger partial charge in [0.25, 0.3) is 0 Å². The van der Waals surface area contributed by atoms with Crippen molar-refractivity contribution in [1.82, 2.24) is 0 Å². The summed E-state index contributed by atoms with van der Waals surface area (Å²) < 4.78 is 26.0. The summed E-state index contributed by atoms with van der Waals surface area (Å²) in [7, 11) is -1.49. The summed E-state index contributed by atoms with van der Waals surface area (Å²) in [5.41, 5.74) is 5.79. The summed E-state index contributed by atoms with van der Waals surface area (Å²) in [5.74, 6) is -0.550. The Kier molecular flexibility index (Phi) is 4.45. The molecule has 2 rings (SSSR count). The molecule has 19 heavy (non-hydrogen) atoms. The van der Waals surface area contributed by atoms with Crippen LogP contribution in [0.4, 0.5) is 10.1 Å². The standard InChI is InChI=1S/C13H10Cl2FNOS/c14-9-4-5-10(15)12(6-9)19(18)7-8-2-1-3-11(17)13(8)16/h1-6H,7,17H2. The first-order valence-electron chi connectivity index (χ1n) is 5.35. The number of rotatable bonds is 3. The third-order valence-electron chi connectivity index (χ3n) is 2.53. The molecule has 1 atom stereocenters. The number of hydrogen-bond donors (Lipinski definition) is 1. The molecule has 2 N–H and O–H groups in total. The normalized spacial score (nSPS) is 12.4. The molecule has 0 amide bonds. The van der Waals surface area contributed by atoms with Gasteiger partial charge in [0.15, 0.2) is 0 Å². The van der Waals surface area contributed by atoms with E-state index in [1.165, 1.54) is 12.1 Å². The highest BCUT2D eigenvalue weighted by molar-refractivity contribution is 7.84. The van der Waals surface area contributed by atoms with Crippen LogP contribution in [0.25, 0.3) is 0 Å². The first kappa shape index (κ1) is 14.3. The summed E-state index contributed by atoms with van der Waals surface area (Å²) in [6.45, 7) is 0. The third kappa shape index (κ3) is 3.26. The van der Waals surface area contributed by atoms with Crippen LogP contribution < -0.4 is 5.73 Å². The van der Waals surface area contributed by atoms with Gasteiger partial charge in [-0.1, -0.05) is 35.3 Å². The highest BCUT2D eigenvalue weighted by Gasteiger charge is 2.13. The van der Waals surface area contributed by atoms with Crippen LogP contribution in [0, 0.1) is 5.82 Å². The maximum atomic E-state index is 13.7. The van der Waals surface area contributed by atoms with Crippen molar-refractivity contribution in [2.45, 2.75) is 10.6 Å². The Morgan fingerprint density at radius 2 is 1.95 bits per heavy atom. The average molecular weight is 318 g/mol. The van der Waals surface area contributed by atoms with Gasteiger partial charge in [-0.3, -0.25) is 4.21 Å². The molecule has 0 saturated heterocycles. The van der Waals surface area contributed by atoms with Gasteiger partial charge < -0.3 is 5.73 Å². The molecular formula is C13H10Cl2FNOS. The van der Waals surface area contributed by atoms with Crippen LogP contribution in [0.2, 0.25) is 10.0 Å². The van der Waals surface area contributed by atoms with Gasteiger partial charge >= 0.3 is 0 Å². The van der Waals surface area contributed by atoms with E-state index in [4.69, 9.17) is 28.9 Å². The van der Waals surface area contributed by atoms with Crippen molar-refractivity contribution >= 4 is 39.7 Å². The van der Waals surface area contributed by atoms with E-state index in [1.54, 1.807) is 24.3 Å². The lowest BCUT2D eigenvalue weighted by molar-refractivity contribution is 0.620. The van der Waals surface area contributed by atoms with Crippen LogP contribution >= 0.6 is 23.2 Å². The van der Waals surface area contributed by atoms with Crippen LogP contribution in [0.5, 0.6) is 0 Å². The van der Waals surface area contributed by atoms with E-state index in [1.807, 2.05) is 0 Å². The van der Waals surface area contributed by atoms with Crippen LogP contribution in [0.15, 0.2) is 41.3 Å². The molecule has 0 aliphatic rings. The summed E-state index contributed by atoms with van der Waals surface area (Å²) in [6, 6.07) is 9.30. The Morgan fingerprint density at radius 1 is 1.21 bits per heavy atom. The zero-order valence-corrected chi connectivity index (χ0v) is 12.0. The Hall–Kier alpha value is -1.10. The number of anilines is 1. The molecule has 0 fully saturated rings. The van der Waals surface area contributed by atoms with E-state index < -0.39 is 16.6 Å². The zero-order valence-electron chi connectivity index (χ0n) is 9.70. The summed E-state index contributed by atoms with van der Waals surface area (Å²) >= 11 is 11.8. The van der Waals surface area contributed by atoms with E-state index >= 15 is 0 Å². The molecule has 100 valence electrons. The number of halogens is 3. The molecular weight excluding hydrogens is 308 g/mol. The average Bonchev–Trinajstić information content (AvgIpc) is 2.38. The largest absolute Gasteiger partial charge is 0.396 e. The number of nitrogens with two attached hydrogens (primary N) is 1. The third-order valence-corrected chi connectivity index (χ3v) is 4.61. The first-order valence-corrected chi connectivity index (χ1v) is 7.43. The lowest BCUT2D eigenvalue weighted by Gasteiger charge is -2.07. The highest BCUT2D eigenvalue weighted by Crippen LogP contribution is 2.26. The molecule has 0 heterocycles. The van der Waals surface area contributed by atoms with Crippen molar-refractivity contribution in [2.75, 3.05) is 5.73 Å². The quantitative estimate of drug-likeness (QED) is 0.869. The molecule has 0 radical (unpaired) electrons. The fourth-order valence-corrected chi connectivity index (χ4v) is 3.40. The minimum Gasteiger partial charge on any atom is -0.396 e. The van der Waals surface area contributed by atoms with Gasteiger partial charge in [0.2, 0.25) is 0 Å². The van der Waals surface area contributed by atoms with E-state index in [2.05, 4.69) is 0 Å². The lowest BCUT2D eigenvalue weighted by Crippen LogP contribution is -2.02. The van der Waals surface area contributed by atoms with Crippen molar-refractivity contribution in [2.24, 2.45) is 0 Å². The SMILES string of the molecule is Nc1cccc(CS(=O)c2cc(Cl)ccc2Cl)c1F. The van der Waals surface area contributed by atoms with Crippen LogP contribution in [0.3, 0.4) is 0 Å². The summed E-state index contributed by atoms with van der Waals surface area (Å²) in [5, 5.41) is 0.771. The second-order valence-electron chi connectivity index (χ2n) is 3.88. The Morgan fingerprint density at radius 3 is 2.68 bits per heavy atom. The van der Waals surface area contributed by atoms with E-state index in [-0.39, 0.29) is 17.0 Å². The van der Waals surface area contributed by atoms with Crippen molar-refractivity contribution < 1.29 is 8.60 Å². The van der Waals surface area contributed by atoms with Crippen molar-refractivity contribution in [3.8, 4) is 0 Å². The second kappa shape index (κ2) is 5.90. The summed E-state index contributed by atoms with van der Waals surface area (Å²) in [4.78, 5) is 0.385. The van der Waals surface area contributed by atoms with Crippen molar-refractivity contribution in [1.29, 1.82) is 0 Å². The fourth-order valence-electron chi connectivity index (χ4n) is 1.58. The highest BCUT2D eigenvalue weighted by atomic mass is 35.5. The van der Waals surface area contributed by atoms with Gasteiger partial charge in [-0.2, -0.15) is 0 Å². The molecule has 2 aromatic rings. The molecule has 0 aliphatic heterocycles. The molecule has 2 nitrogen and oxygen atoms in total. The van der Waals surface area contributed by atoms with E-state index in [0.717, 1.165) is 0 Å². The zero-order chi connectivity index (χ0) is 14.0. The van der Waals surface area contributed by atoms with Gasteiger partial charge in [0.1, 0.15) is 5.82 Å². The minimum atomic E-state index is -1.49. The van der Waals surface area contributed by atoms with Gasteiger partial charge in [0, 0.05) is 10.6 Å². The molecule has 0 spiro atoms. The molecule has 0 aliphatic carbocycles. The van der Waals surface area contributed by atoms with E-state index in [0.29, 0.717) is 14.9 Å². The molecule has 2 aromatic carbocycles. The fraction of sp³-hybridized carbons (Fsp3) is 0.0769. The minimum absolute atomic E-state index is 0.00304. The van der Waals surface area contributed by atoms with Crippen molar-refractivity contribution in [3.05, 3.63) is 57.8 Å². The smallest absolute Gasteiger partial charge is 0.150 e. The van der Waals surface area contributed by atoms with Crippen LogP contribution in [-0.2, 0) is 16.6 Å². The molecule has 0 bridgehead atoms. The first-order chi connectivity index (χ1) is 8.99. The number of benzene rings is 2. The van der Waals surface area contributed by atoms with Gasteiger partial charge in [-0.25, -0.2) is 4.39 Å². The Bertz CT molecular complexity index is 649. The monoisotopic (exact) mass is 317 g/mol. The topological polar surface area (TPSA) is 43.1 Å². The van der Waals surface area contributed by atoms with Gasteiger partial charge in [-0.05, 0) is 24.3 Å². The summed E-state index contributed by atoms with van der Waals surface area (Å²) in [6.07, 6.45) is 0. The maximum absolute atomic E-state index is 13.7. The van der Waals surface area contributed by atoms with Gasteiger partial charge in [-0.15, -0.1) is 0 Å². The lowest BCUT2D eigenvalue weighted by atomic mass is 10.2. The van der Waals surface area contributed by atoms with Crippen molar-refractivity contribution in [3.63, 3.8) is 0 Å². The van der Waals surface area contributed by atoms with E-state index in [9.17, 15) is 8.60 Å². The number of nitrogen functional groups attached to an aromatic ring is 1. The predicted molar refractivity (Wildman–Crippen MR) is 77.4 cm³/mol. The maximum Gasteiger partial charge on any atom is 0.150 e. The predicted octanol–water partition coefficient (Wildman–Crippen LogP) is 4.02. The van der Waals surface area contributed by atoms with Crippen LogP contribution in [0.1, 0.15) is 5.56 Å². The Balaban J connectivity index is 2.31. The number of hydrogen-bond acceptors (Lipinski definition) is 2. The van der Waals surface area contributed by atoms with Gasteiger partial charge in [0.05, 0.1) is 32.2 Å². The molecule has 1 unspecified atom stereocenters. The molecule has 6 heteroatoms. The molecule has 0 aromatic heterocycles. The molecule has 0 saturated carbocycles. The Labute approximate surface area is 122 Å². The van der Waals surface area contributed by atoms with Crippen LogP contribution in [-0.4, -0.2) is 4.21 Å². The second-order valence-corrected chi connectivity index (χ2v) is 6.15.